The van der Waals surface area contributed by atoms with Crippen LogP contribution in [0, 0.1) is 0 Å². The number of benzene rings is 1. The summed E-state index contributed by atoms with van der Waals surface area (Å²) in [5.74, 6) is 2.73. The summed E-state index contributed by atoms with van der Waals surface area (Å²) in [5.41, 5.74) is 1.15. The molecule has 0 aliphatic carbocycles. The molecule has 1 aromatic carbocycles. The van der Waals surface area contributed by atoms with Crippen LogP contribution >= 0.6 is 0 Å². The van der Waals surface area contributed by atoms with Crippen LogP contribution in [-0.4, -0.2) is 80.4 Å². The van der Waals surface area contributed by atoms with E-state index >= 15 is 0 Å². The molecule has 1 amide bonds. The molecule has 2 aliphatic heterocycles. The van der Waals surface area contributed by atoms with Crippen LogP contribution in [-0.2, 0) is 16.0 Å². The first kappa shape index (κ1) is 20.4. The van der Waals surface area contributed by atoms with E-state index < -0.39 is 0 Å². The van der Waals surface area contributed by atoms with Crippen LogP contribution < -0.4 is 14.5 Å². The molecule has 8 nitrogen and oxygen atoms in total. The number of aryl methyl sites for hydroxylation is 1. The third kappa shape index (κ3) is 4.99. The van der Waals surface area contributed by atoms with Crippen molar-refractivity contribution in [2.24, 2.45) is 0 Å². The minimum absolute atomic E-state index is 0.210. The van der Waals surface area contributed by atoms with Gasteiger partial charge in [-0.3, -0.25) is 4.79 Å². The average Bonchev–Trinajstić information content (AvgIpc) is 2.83. The summed E-state index contributed by atoms with van der Waals surface area (Å²) >= 11 is 0. The lowest BCUT2D eigenvalue weighted by atomic mass is 10.1. The van der Waals surface area contributed by atoms with E-state index in [-0.39, 0.29) is 5.91 Å². The molecule has 8 heteroatoms. The minimum atomic E-state index is 0.210. The van der Waals surface area contributed by atoms with Crippen molar-refractivity contribution in [1.29, 1.82) is 0 Å². The van der Waals surface area contributed by atoms with Crippen molar-refractivity contribution in [1.82, 2.24) is 14.9 Å². The highest BCUT2D eigenvalue weighted by Gasteiger charge is 2.23. The summed E-state index contributed by atoms with van der Waals surface area (Å²) in [6.45, 7) is 6.08. The number of carbonyl (C=O) groups excluding carboxylic acids is 1. The maximum atomic E-state index is 12.6. The number of ether oxygens (including phenoxy) is 2. The molecule has 0 spiro atoms. The number of hydrogen-bond acceptors (Lipinski definition) is 7. The normalized spacial score (nSPS) is 17.2. The molecule has 0 saturated carbocycles. The van der Waals surface area contributed by atoms with Crippen molar-refractivity contribution < 1.29 is 14.3 Å². The number of amides is 1. The van der Waals surface area contributed by atoms with Crippen LogP contribution in [0.5, 0.6) is 5.75 Å². The summed E-state index contributed by atoms with van der Waals surface area (Å²) in [6, 6.07) is 9.86. The van der Waals surface area contributed by atoms with E-state index in [1.54, 1.807) is 7.11 Å². The lowest BCUT2D eigenvalue weighted by Gasteiger charge is -2.36. The summed E-state index contributed by atoms with van der Waals surface area (Å²) in [5, 5.41) is 0. The van der Waals surface area contributed by atoms with Crippen molar-refractivity contribution in [3.63, 3.8) is 0 Å². The molecule has 2 saturated heterocycles. The van der Waals surface area contributed by atoms with Gasteiger partial charge in [-0.25, -0.2) is 4.98 Å². The predicted molar refractivity (Wildman–Crippen MR) is 115 cm³/mol. The Hall–Kier alpha value is -2.87. The zero-order valence-corrected chi connectivity index (χ0v) is 17.5. The first-order valence-electron chi connectivity index (χ1n) is 10.5. The fraction of sp³-hybridized carbons (Fsp3) is 0.500. The third-order valence-corrected chi connectivity index (χ3v) is 5.67. The van der Waals surface area contributed by atoms with Gasteiger partial charge in [0.2, 0.25) is 11.9 Å². The molecular formula is C22H29N5O3. The summed E-state index contributed by atoms with van der Waals surface area (Å²) in [6.07, 6.45) is 3.10. The Morgan fingerprint density at radius 2 is 1.73 bits per heavy atom. The van der Waals surface area contributed by atoms with Crippen molar-refractivity contribution in [2.75, 3.05) is 69.4 Å². The second-order valence-electron chi connectivity index (χ2n) is 7.53. The van der Waals surface area contributed by atoms with Gasteiger partial charge in [-0.2, -0.15) is 4.98 Å². The summed E-state index contributed by atoms with van der Waals surface area (Å²) in [4.78, 5) is 28.2. The number of rotatable bonds is 6. The molecule has 0 radical (unpaired) electrons. The maximum absolute atomic E-state index is 12.6. The van der Waals surface area contributed by atoms with Crippen LogP contribution in [0.4, 0.5) is 11.8 Å². The predicted octanol–water partition coefficient (Wildman–Crippen LogP) is 1.60. The number of piperazine rings is 1. The maximum Gasteiger partial charge on any atom is 0.227 e. The first-order valence-corrected chi connectivity index (χ1v) is 10.5. The van der Waals surface area contributed by atoms with Gasteiger partial charge in [-0.1, -0.05) is 12.1 Å². The quantitative estimate of drug-likeness (QED) is 0.715. The Labute approximate surface area is 177 Å². The molecule has 30 heavy (non-hydrogen) atoms. The van der Waals surface area contributed by atoms with Gasteiger partial charge in [0.15, 0.2) is 0 Å². The molecule has 2 aromatic rings. The Kier molecular flexibility index (Phi) is 6.63. The molecule has 2 fully saturated rings. The molecular weight excluding hydrogens is 382 g/mol. The van der Waals surface area contributed by atoms with E-state index in [0.29, 0.717) is 19.6 Å². The molecule has 4 rings (SSSR count). The molecule has 160 valence electrons. The van der Waals surface area contributed by atoms with Crippen molar-refractivity contribution in [3.05, 3.63) is 42.1 Å². The highest BCUT2D eigenvalue weighted by molar-refractivity contribution is 5.76. The van der Waals surface area contributed by atoms with Gasteiger partial charge >= 0.3 is 0 Å². The van der Waals surface area contributed by atoms with Gasteiger partial charge in [0.25, 0.3) is 0 Å². The average molecular weight is 412 g/mol. The Morgan fingerprint density at radius 3 is 2.43 bits per heavy atom. The second-order valence-corrected chi connectivity index (χ2v) is 7.53. The number of methoxy groups -OCH3 is 1. The van der Waals surface area contributed by atoms with E-state index in [1.807, 2.05) is 41.4 Å². The molecule has 0 atom stereocenters. The zero-order chi connectivity index (χ0) is 20.8. The molecule has 0 N–H and O–H groups in total. The molecule has 0 unspecified atom stereocenters. The standard InChI is InChI=1S/C22H29N5O3/c1-29-19-5-2-18(3-6-19)4-7-21(28)26-12-10-25(11-13-26)20-8-9-23-22(24-20)27-14-16-30-17-15-27/h2-3,5-6,8-9H,4,7,10-17H2,1H3. The smallest absolute Gasteiger partial charge is 0.227 e. The largest absolute Gasteiger partial charge is 0.497 e. The van der Waals surface area contributed by atoms with Gasteiger partial charge < -0.3 is 24.2 Å². The highest BCUT2D eigenvalue weighted by atomic mass is 16.5. The summed E-state index contributed by atoms with van der Waals surface area (Å²) in [7, 11) is 1.66. The van der Waals surface area contributed by atoms with Crippen LogP contribution in [0.1, 0.15) is 12.0 Å². The number of morpholine rings is 1. The van der Waals surface area contributed by atoms with Gasteiger partial charge in [0.05, 0.1) is 20.3 Å². The fourth-order valence-electron chi connectivity index (χ4n) is 3.82. The number of carbonyl (C=O) groups is 1. The van der Waals surface area contributed by atoms with E-state index in [1.165, 1.54) is 0 Å². The zero-order valence-electron chi connectivity index (χ0n) is 17.5. The van der Waals surface area contributed by atoms with Gasteiger partial charge in [-0.15, -0.1) is 0 Å². The van der Waals surface area contributed by atoms with Crippen LogP contribution in [0.15, 0.2) is 36.5 Å². The van der Waals surface area contributed by atoms with Gasteiger partial charge in [0, 0.05) is 51.9 Å². The number of nitrogens with zero attached hydrogens (tertiary/aromatic N) is 5. The molecule has 1 aromatic heterocycles. The molecule has 2 aliphatic rings. The van der Waals surface area contributed by atoms with E-state index in [4.69, 9.17) is 14.5 Å². The van der Waals surface area contributed by atoms with Crippen molar-refractivity contribution >= 4 is 17.7 Å². The Balaban J connectivity index is 1.27. The van der Waals surface area contributed by atoms with E-state index in [0.717, 1.165) is 68.8 Å². The molecule has 0 bridgehead atoms. The van der Waals surface area contributed by atoms with Crippen molar-refractivity contribution in [3.8, 4) is 5.75 Å². The lowest BCUT2D eigenvalue weighted by molar-refractivity contribution is -0.131. The van der Waals surface area contributed by atoms with Crippen LogP contribution in [0.25, 0.3) is 0 Å². The van der Waals surface area contributed by atoms with Gasteiger partial charge in [-0.05, 0) is 30.2 Å². The topological polar surface area (TPSA) is 71.0 Å². The lowest BCUT2D eigenvalue weighted by Crippen LogP contribution is -2.49. The van der Waals surface area contributed by atoms with Crippen LogP contribution in [0.2, 0.25) is 0 Å². The summed E-state index contributed by atoms with van der Waals surface area (Å²) < 4.78 is 10.6. The number of anilines is 2. The van der Waals surface area contributed by atoms with E-state index in [9.17, 15) is 4.79 Å². The first-order chi connectivity index (χ1) is 14.7. The number of aromatic nitrogens is 2. The Bertz CT molecular complexity index is 831. The van der Waals surface area contributed by atoms with Crippen LogP contribution in [0.3, 0.4) is 0 Å². The SMILES string of the molecule is COc1ccc(CCC(=O)N2CCN(c3ccnc(N4CCOCC4)n3)CC2)cc1. The molecule has 3 heterocycles. The minimum Gasteiger partial charge on any atom is -0.497 e. The van der Waals surface area contributed by atoms with Gasteiger partial charge in [0.1, 0.15) is 11.6 Å². The van der Waals surface area contributed by atoms with E-state index in [2.05, 4.69) is 14.8 Å². The van der Waals surface area contributed by atoms with Crippen molar-refractivity contribution in [2.45, 2.75) is 12.8 Å². The Morgan fingerprint density at radius 1 is 1.00 bits per heavy atom. The fourth-order valence-corrected chi connectivity index (χ4v) is 3.82. The highest BCUT2D eigenvalue weighted by Crippen LogP contribution is 2.18. The second kappa shape index (κ2) is 9.75. The number of hydrogen-bond donors (Lipinski definition) is 0. The third-order valence-electron chi connectivity index (χ3n) is 5.67. The monoisotopic (exact) mass is 411 g/mol.